The Kier molecular flexibility index (Phi) is 5.78. The summed E-state index contributed by atoms with van der Waals surface area (Å²) in [4.78, 5) is 19.8. The Hall–Kier alpha value is -2.58. The fourth-order valence-electron chi connectivity index (χ4n) is 3.43. The van der Waals surface area contributed by atoms with Crippen LogP contribution in [-0.2, 0) is 10.5 Å². The number of nitrogens with zero attached hydrogens (tertiary/aromatic N) is 2. The Morgan fingerprint density at radius 1 is 1.29 bits per heavy atom. The van der Waals surface area contributed by atoms with Gasteiger partial charge >= 0.3 is 0 Å². The molecule has 3 aromatic rings. The third kappa shape index (κ3) is 4.13. The van der Waals surface area contributed by atoms with E-state index in [0.717, 1.165) is 42.2 Å². The van der Waals surface area contributed by atoms with Crippen molar-refractivity contribution in [1.29, 1.82) is 0 Å². The van der Waals surface area contributed by atoms with Crippen molar-refractivity contribution in [3.8, 4) is 0 Å². The first-order valence-corrected chi connectivity index (χ1v) is 10.3. The number of H-pyrrole nitrogens is 1. The number of benzene rings is 2. The predicted molar refractivity (Wildman–Crippen MR) is 111 cm³/mol. The highest BCUT2D eigenvalue weighted by Crippen LogP contribution is 2.39. The summed E-state index contributed by atoms with van der Waals surface area (Å²) >= 11 is 1.57. The van der Waals surface area contributed by atoms with Crippen LogP contribution in [0.4, 0.5) is 11.4 Å². The zero-order valence-electron chi connectivity index (χ0n) is 15.4. The smallest absolute Gasteiger partial charge is 0.295 e. The van der Waals surface area contributed by atoms with E-state index in [0.29, 0.717) is 23.7 Å². The summed E-state index contributed by atoms with van der Waals surface area (Å²) in [7, 11) is 0. The molecule has 0 unspecified atom stereocenters. The van der Waals surface area contributed by atoms with Gasteiger partial charge in [0.05, 0.1) is 16.8 Å². The van der Waals surface area contributed by atoms with E-state index in [1.165, 1.54) is 5.56 Å². The van der Waals surface area contributed by atoms with Gasteiger partial charge in [-0.3, -0.25) is 10.1 Å². The van der Waals surface area contributed by atoms with Crippen molar-refractivity contribution in [3.05, 3.63) is 58.4 Å². The lowest BCUT2D eigenvalue weighted by molar-refractivity contribution is -0.384. The number of aromatic nitrogens is 2. The van der Waals surface area contributed by atoms with E-state index >= 15 is 0 Å². The maximum absolute atomic E-state index is 11.8. The van der Waals surface area contributed by atoms with Crippen molar-refractivity contribution in [2.24, 2.45) is 5.92 Å². The number of anilines is 1. The minimum absolute atomic E-state index is 0.0715. The number of nitro benzene ring substituents is 1. The van der Waals surface area contributed by atoms with Crippen LogP contribution < -0.4 is 5.32 Å². The molecule has 0 radical (unpaired) electrons. The lowest BCUT2D eigenvalue weighted by atomic mass is 10.0. The highest BCUT2D eigenvalue weighted by molar-refractivity contribution is 7.98. The summed E-state index contributed by atoms with van der Waals surface area (Å²) in [5.74, 6) is 1.19. The summed E-state index contributed by atoms with van der Waals surface area (Å²) in [6, 6.07) is 11.7. The van der Waals surface area contributed by atoms with Crippen LogP contribution in [-0.4, -0.2) is 34.6 Å². The van der Waals surface area contributed by atoms with Crippen LogP contribution in [0.1, 0.15) is 18.4 Å². The monoisotopic (exact) mass is 398 g/mol. The normalized spacial score (nSPS) is 15.0. The molecule has 2 aromatic carbocycles. The molecule has 1 aliphatic heterocycles. The van der Waals surface area contributed by atoms with Crippen molar-refractivity contribution >= 4 is 34.2 Å². The number of nitro groups is 1. The van der Waals surface area contributed by atoms with E-state index in [4.69, 9.17) is 4.74 Å². The largest absolute Gasteiger partial charge is 0.381 e. The van der Waals surface area contributed by atoms with E-state index < -0.39 is 0 Å². The number of ether oxygens (including phenoxy) is 1. The second kappa shape index (κ2) is 8.62. The molecule has 7 nitrogen and oxygen atoms in total. The van der Waals surface area contributed by atoms with Crippen molar-refractivity contribution in [1.82, 2.24) is 9.97 Å². The molecule has 146 valence electrons. The van der Waals surface area contributed by atoms with Gasteiger partial charge in [-0.05, 0) is 24.3 Å². The van der Waals surface area contributed by atoms with Gasteiger partial charge in [0.1, 0.15) is 11.2 Å². The number of aromatic amines is 1. The van der Waals surface area contributed by atoms with E-state index in [1.54, 1.807) is 24.2 Å². The number of nitrogens with one attached hydrogen (secondary N) is 2. The average molecular weight is 398 g/mol. The Morgan fingerprint density at radius 2 is 2.07 bits per heavy atom. The van der Waals surface area contributed by atoms with Crippen LogP contribution in [0.2, 0.25) is 0 Å². The molecule has 1 aromatic heterocycles. The summed E-state index contributed by atoms with van der Waals surface area (Å²) in [6.45, 7) is 2.19. The molecule has 1 fully saturated rings. The predicted octanol–water partition coefficient (Wildman–Crippen LogP) is 4.60. The Morgan fingerprint density at radius 3 is 2.82 bits per heavy atom. The summed E-state index contributed by atoms with van der Waals surface area (Å²) in [6.07, 6.45) is 3.53. The highest BCUT2D eigenvalue weighted by atomic mass is 32.2. The standard InChI is InChI=1S/C20H22N4O3S/c25-24(26)16-10-17(28-12-15-4-2-1-3-5-15)19-20(23-13-22-19)18(16)21-11-14-6-8-27-9-7-14/h1-5,10,13-14,21H,6-9,11-12H2,(H,22,23). The topological polar surface area (TPSA) is 93.1 Å². The lowest BCUT2D eigenvalue weighted by Gasteiger charge is -2.22. The zero-order valence-corrected chi connectivity index (χ0v) is 16.2. The van der Waals surface area contributed by atoms with Gasteiger partial charge in [-0.1, -0.05) is 30.3 Å². The van der Waals surface area contributed by atoms with Crippen LogP contribution in [0, 0.1) is 16.0 Å². The van der Waals surface area contributed by atoms with Gasteiger partial charge in [0.15, 0.2) is 0 Å². The lowest BCUT2D eigenvalue weighted by Crippen LogP contribution is -2.23. The van der Waals surface area contributed by atoms with Crippen molar-refractivity contribution in [2.75, 3.05) is 25.1 Å². The molecule has 8 heteroatoms. The highest BCUT2D eigenvalue weighted by Gasteiger charge is 2.23. The van der Waals surface area contributed by atoms with Crippen LogP contribution in [0.15, 0.2) is 47.6 Å². The summed E-state index contributed by atoms with van der Waals surface area (Å²) in [5.41, 5.74) is 3.20. The molecule has 0 spiro atoms. The first-order chi connectivity index (χ1) is 13.7. The number of imidazole rings is 1. The van der Waals surface area contributed by atoms with Crippen LogP contribution in [0.25, 0.3) is 11.0 Å². The Balaban J connectivity index is 1.61. The average Bonchev–Trinajstić information content (AvgIpc) is 3.22. The number of hydrogen-bond donors (Lipinski definition) is 2. The maximum atomic E-state index is 11.8. The van der Waals surface area contributed by atoms with Gasteiger partial charge in [0.2, 0.25) is 0 Å². The second-order valence-electron chi connectivity index (χ2n) is 6.86. The molecule has 28 heavy (non-hydrogen) atoms. The molecular weight excluding hydrogens is 376 g/mol. The first kappa shape index (κ1) is 18.8. The fraction of sp³-hybridized carbons (Fsp3) is 0.350. The van der Waals surface area contributed by atoms with E-state index in [1.807, 2.05) is 18.2 Å². The fourth-order valence-corrected chi connectivity index (χ4v) is 4.44. The van der Waals surface area contributed by atoms with Crippen LogP contribution in [0.3, 0.4) is 0 Å². The maximum Gasteiger partial charge on any atom is 0.295 e. The molecule has 0 saturated carbocycles. The third-order valence-corrected chi connectivity index (χ3v) is 6.10. The van der Waals surface area contributed by atoms with Gasteiger partial charge in [-0.25, -0.2) is 4.98 Å². The first-order valence-electron chi connectivity index (χ1n) is 9.35. The van der Waals surface area contributed by atoms with Gasteiger partial charge in [-0.2, -0.15) is 0 Å². The number of fused-ring (bicyclic) bond motifs is 1. The van der Waals surface area contributed by atoms with Crippen LogP contribution >= 0.6 is 11.8 Å². The van der Waals surface area contributed by atoms with Crippen molar-refractivity contribution in [2.45, 2.75) is 23.5 Å². The van der Waals surface area contributed by atoms with Gasteiger partial charge < -0.3 is 15.0 Å². The minimum Gasteiger partial charge on any atom is -0.381 e. The second-order valence-corrected chi connectivity index (χ2v) is 7.88. The van der Waals surface area contributed by atoms with Crippen LogP contribution in [0.5, 0.6) is 0 Å². The molecule has 0 bridgehead atoms. The summed E-state index contributed by atoms with van der Waals surface area (Å²) in [5, 5.41) is 15.1. The van der Waals surface area contributed by atoms with Crippen molar-refractivity contribution < 1.29 is 9.66 Å². The SMILES string of the molecule is O=[N+]([O-])c1cc(SCc2ccccc2)c2[nH]cnc2c1NCC1CCOCC1. The van der Waals surface area contributed by atoms with Crippen molar-refractivity contribution in [3.63, 3.8) is 0 Å². The Bertz CT molecular complexity index is 955. The third-order valence-electron chi connectivity index (χ3n) is 4.99. The minimum atomic E-state index is -0.326. The quantitative estimate of drug-likeness (QED) is 0.343. The number of hydrogen-bond acceptors (Lipinski definition) is 6. The molecule has 4 rings (SSSR count). The molecule has 1 saturated heterocycles. The van der Waals surface area contributed by atoms with E-state index in [-0.39, 0.29) is 10.6 Å². The molecule has 0 aliphatic carbocycles. The van der Waals surface area contributed by atoms with Gasteiger partial charge in [0.25, 0.3) is 5.69 Å². The van der Waals surface area contributed by atoms with E-state index in [2.05, 4.69) is 27.4 Å². The molecule has 2 heterocycles. The van der Waals surface area contributed by atoms with E-state index in [9.17, 15) is 10.1 Å². The molecular formula is C20H22N4O3S. The number of thioether (sulfide) groups is 1. The number of rotatable bonds is 7. The van der Waals surface area contributed by atoms with Gasteiger partial charge in [0, 0.05) is 36.5 Å². The Labute approximate surface area is 167 Å². The summed E-state index contributed by atoms with van der Waals surface area (Å²) < 4.78 is 5.39. The zero-order chi connectivity index (χ0) is 19.3. The molecule has 0 amide bonds. The molecule has 1 aliphatic rings. The molecule has 0 atom stereocenters. The van der Waals surface area contributed by atoms with Gasteiger partial charge in [-0.15, -0.1) is 11.8 Å². The molecule has 2 N–H and O–H groups in total.